The molecular weight excluding hydrogens is 372 g/mol. The topological polar surface area (TPSA) is 76.9 Å². The van der Waals surface area contributed by atoms with Crippen LogP contribution in [0.1, 0.15) is 63.5 Å². The summed E-state index contributed by atoms with van der Waals surface area (Å²) in [6.45, 7) is 9.36. The van der Waals surface area contributed by atoms with Gasteiger partial charge < -0.3 is 15.5 Å². The van der Waals surface area contributed by atoms with Gasteiger partial charge in [-0.05, 0) is 87.0 Å². The van der Waals surface area contributed by atoms with Gasteiger partial charge in [0.2, 0.25) is 0 Å². The zero-order valence-corrected chi connectivity index (χ0v) is 18.3. The number of pyridine rings is 2. The van der Waals surface area contributed by atoms with Gasteiger partial charge in [0.1, 0.15) is 17.5 Å². The molecular formula is C24H32N6. The highest BCUT2D eigenvalue weighted by molar-refractivity contribution is 5.60. The number of nitrogens with one attached hydrogen (secondary N) is 2. The van der Waals surface area contributed by atoms with Gasteiger partial charge in [-0.2, -0.15) is 5.26 Å². The Balaban J connectivity index is 1.74. The third kappa shape index (κ3) is 4.13. The minimum atomic E-state index is -0.463. The first-order chi connectivity index (χ1) is 14.5. The molecule has 6 heteroatoms. The lowest BCUT2D eigenvalue weighted by Crippen LogP contribution is -2.39. The van der Waals surface area contributed by atoms with Crippen molar-refractivity contribution in [3.05, 3.63) is 41.6 Å². The van der Waals surface area contributed by atoms with E-state index in [1.807, 2.05) is 6.20 Å². The number of nitriles is 1. The van der Waals surface area contributed by atoms with Gasteiger partial charge in [-0.3, -0.25) is 0 Å². The summed E-state index contributed by atoms with van der Waals surface area (Å²) in [5.41, 5.74) is 1.84. The molecule has 2 N–H and O–H groups in total. The molecule has 2 aromatic heterocycles. The zero-order chi connectivity index (χ0) is 21.1. The molecule has 4 rings (SSSR count). The standard InChI is InChI=1S/C24H32N6/c1-17(2)19-6-9-27-21(13-19)28-22-14-20(24(16-25)7-10-26-11-8-24)15-23(29-22)30-12-4-5-18(30)3/h6,9,13-15,17-18,26H,4-5,7-8,10-12H2,1-3H3,(H,27,28,29). The molecule has 0 saturated carbocycles. The summed E-state index contributed by atoms with van der Waals surface area (Å²) in [5, 5.41) is 17.0. The summed E-state index contributed by atoms with van der Waals surface area (Å²) in [6.07, 6.45) is 5.85. The number of anilines is 3. The molecule has 2 fully saturated rings. The first-order valence-electron chi connectivity index (χ1n) is 11.1. The first kappa shape index (κ1) is 20.6. The van der Waals surface area contributed by atoms with Crippen molar-refractivity contribution in [2.24, 2.45) is 0 Å². The number of aromatic nitrogens is 2. The predicted molar refractivity (Wildman–Crippen MR) is 121 cm³/mol. The summed E-state index contributed by atoms with van der Waals surface area (Å²) < 4.78 is 0. The quantitative estimate of drug-likeness (QED) is 0.765. The monoisotopic (exact) mass is 404 g/mol. The van der Waals surface area contributed by atoms with Gasteiger partial charge in [0, 0.05) is 18.8 Å². The van der Waals surface area contributed by atoms with Gasteiger partial charge in [-0.1, -0.05) is 13.8 Å². The molecule has 2 aliphatic rings. The molecule has 2 aromatic rings. The minimum Gasteiger partial charge on any atom is -0.354 e. The molecule has 2 saturated heterocycles. The number of rotatable bonds is 5. The van der Waals surface area contributed by atoms with Crippen LogP contribution >= 0.6 is 0 Å². The second-order valence-electron chi connectivity index (χ2n) is 8.98. The lowest BCUT2D eigenvalue weighted by molar-refractivity contribution is 0.382. The molecule has 1 unspecified atom stereocenters. The molecule has 0 radical (unpaired) electrons. The fraction of sp³-hybridized carbons (Fsp3) is 0.542. The first-order valence-corrected chi connectivity index (χ1v) is 11.1. The van der Waals surface area contributed by atoms with Crippen LogP contribution in [-0.4, -0.2) is 35.6 Å². The molecule has 0 aliphatic carbocycles. The Bertz CT molecular complexity index is 926. The van der Waals surface area contributed by atoms with Crippen molar-refractivity contribution in [2.75, 3.05) is 29.9 Å². The third-order valence-corrected chi connectivity index (χ3v) is 6.59. The Morgan fingerprint density at radius 2 is 2.03 bits per heavy atom. The van der Waals surface area contributed by atoms with Gasteiger partial charge in [0.15, 0.2) is 0 Å². The Morgan fingerprint density at radius 1 is 1.23 bits per heavy atom. The highest BCUT2D eigenvalue weighted by Crippen LogP contribution is 2.37. The lowest BCUT2D eigenvalue weighted by Gasteiger charge is -2.33. The van der Waals surface area contributed by atoms with Crippen molar-refractivity contribution >= 4 is 17.5 Å². The predicted octanol–water partition coefficient (Wildman–Crippen LogP) is 4.48. The SMILES string of the molecule is CC(C)c1ccnc(Nc2cc(C3(C#N)CCNCC3)cc(N3CCCC3C)n2)c1. The average Bonchev–Trinajstić information content (AvgIpc) is 3.20. The smallest absolute Gasteiger partial charge is 0.134 e. The molecule has 30 heavy (non-hydrogen) atoms. The number of hydrogen-bond acceptors (Lipinski definition) is 6. The minimum absolute atomic E-state index is 0.436. The number of hydrogen-bond donors (Lipinski definition) is 2. The van der Waals surface area contributed by atoms with Crippen LogP contribution in [0.4, 0.5) is 17.5 Å². The van der Waals surface area contributed by atoms with E-state index in [4.69, 9.17) is 4.98 Å². The highest BCUT2D eigenvalue weighted by Gasteiger charge is 2.35. The van der Waals surface area contributed by atoms with E-state index in [1.165, 1.54) is 18.4 Å². The van der Waals surface area contributed by atoms with Crippen LogP contribution in [0.3, 0.4) is 0 Å². The molecule has 4 heterocycles. The Kier molecular flexibility index (Phi) is 5.92. The van der Waals surface area contributed by atoms with Crippen molar-refractivity contribution in [3.8, 4) is 6.07 Å². The fourth-order valence-electron chi connectivity index (χ4n) is 4.60. The molecule has 6 nitrogen and oxygen atoms in total. The van der Waals surface area contributed by atoms with E-state index in [1.54, 1.807) is 0 Å². The normalized spacial score (nSPS) is 20.9. The van der Waals surface area contributed by atoms with Crippen molar-refractivity contribution in [1.29, 1.82) is 5.26 Å². The summed E-state index contributed by atoms with van der Waals surface area (Å²) in [6, 6.07) is 11.5. The van der Waals surface area contributed by atoms with Gasteiger partial charge in [-0.25, -0.2) is 9.97 Å². The molecule has 0 amide bonds. The van der Waals surface area contributed by atoms with E-state index in [9.17, 15) is 5.26 Å². The Labute approximate surface area is 179 Å². The molecule has 2 aliphatic heterocycles. The summed E-state index contributed by atoms with van der Waals surface area (Å²) >= 11 is 0. The maximum Gasteiger partial charge on any atom is 0.134 e. The van der Waals surface area contributed by atoms with Crippen LogP contribution in [0.25, 0.3) is 0 Å². The van der Waals surface area contributed by atoms with Crippen LogP contribution < -0.4 is 15.5 Å². The van der Waals surface area contributed by atoms with Crippen LogP contribution in [0, 0.1) is 11.3 Å². The fourth-order valence-corrected chi connectivity index (χ4v) is 4.60. The van der Waals surface area contributed by atoms with Gasteiger partial charge in [0.25, 0.3) is 0 Å². The molecule has 158 valence electrons. The van der Waals surface area contributed by atoms with Gasteiger partial charge >= 0.3 is 0 Å². The molecule has 0 bridgehead atoms. The van der Waals surface area contributed by atoms with E-state index >= 15 is 0 Å². The second kappa shape index (κ2) is 8.61. The van der Waals surface area contributed by atoms with Crippen LogP contribution in [0.2, 0.25) is 0 Å². The molecule has 0 spiro atoms. The van der Waals surface area contributed by atoms with E-state index in [2.05, 4.69) is 71.6 Å². The summed E-state index contributed by atoms with van der Waals surface area (Å²) in [5.74, 6) is 2.96. The highest BCUT2D eigenvalue weighted by atomic mass is 15.2. The van der Waals surface area contributed by atoms with Crippen molar-refractivity contribution in [1.82, 2.24) is 15.3 Å². The number of nitrogens with zero attached hydrogens (tertiary/aromatic N) is 4. The summed E-state index contributed by atoms with van der Waals surface area (Å²) in [4.78, 5) is 11.8. The van der Waals surface area contributed by atoms with Crippen LogP contribution in [0.5, 0.6) is 0 Å². The van der Waals surface area contributed by atoms with Gasteiger partial charge in [0.05, 0.1) is 11.5 Å². The van der Waals surface area contributed by atoms with Crippen LogP contribution in [-0.2, 0) is 5.41 Å². The van der Waals surface area contributed by atoms with Gasteiger partial charge in [-0.15, -0.1) is 0 Å². The van der Waals surface area contributed by atoms with Crippen molar-refractivity contribution < 1.29 is 0 Å². The maximum atomic E-state index is 10.1. The van der Waals surface area contributed by atoms with E-state index in [0.717, 1.165) is 55.5 Å². The Hall–Kier alpha value is -2.65. The van der Waals surface area contributed by atoms with Crippen LogP contribution in [0.15, 0.2) is 30.5 Å². The third-order valence-electron chi connectivity index (χ3n) is 6.59. The zero-order valence-electron chi connectivity index (χ0n) is 18.3. The Morgan fingerprint density at radius 3 is 2.70 bits per heavy atom. The summed E-state index contributed by atoms with van der Waals surface area (Å²) in [7, 11) is 0. The largest absolute Gasteiger partial charge is 0.354 e. The molecule has 0 aromatic carbocycles. The molecule has 1 atom stereocenters. The van der Waals surface area contributed by atoms with E-state index < -0.39 is 5.41 Å². The van der Waals surface area contributed by atoms with Crippen molar-refractivity contribution in [2.45, 2.75) is 63.8 Å². The van der Waals surface area contributed by atoms with E-state index in [-0.39, 0.29) is 0 Å². The maximum absolute atomic E-state index is 10.1. The second-order valence-corrected chi connectivity index (χ2v) is 8.98. The van der Waals surface area contributed by atoms with Crippen molar-refractivity contribution in [3.63, 3.8) is 0 Å². The number of piperidine rings is 1. The lowest BCUT2D eigenvalue weighted by atomic mass is 9.74. The average molecular weight is 405 g/mol. The van der Waals surface area contributed by atoms with E-state index in [0.29, 0.717) is 12.0 Å².